The van der Waals surface area contributed by atoms with E-state index in [1.165, 1.54) is 21.9 Å². The van der Waals surface area contributed by atoms with Crippen molar-refractivity contribution in [3.05, 3.63) is 87.4 Å². The first-order valence-corrected chi connectivity index (χ1v) is 13.3. The standard InChI is InChI=1S/C29H33FN2O3S/c1-4-20(2)17-31(29(34)23-7-5-6-8-25(23)30)18-28(33)32-15-13-27-24(14-16-36-27)26(32)19-35-22-11-9-21(3)10-12-22/h5-12,14,16,20,26H,4,13,15,17-19H2,1-3H3. The van der Waals surface area contributed by atoms with Gasteiger partial charge in [0.05, 0.1) is 11.6 Å². The fraction of sp³-hybridized carbons (Fsp3) is 0.379. The molecule has 2 heterocycles. The maximum Gasteiger partial charge on any atom is 0.257 e. The van der Waals surface area contributed by atoms with Gasteiger partial charge in [0.1, 0.15) is 24.7 Å². The molecular weight excluding hydrogens is 475 g/mol. The third-order valence-corrected chi connectivity index (χ3v) is 7.79. The minimum absolute atomic E-state index is 0.00776. The molecule has 2 aromatic carbocycles. The molecule has 36 heavy (non-hydrogen) atoms. The van der Waals surface area contributed by atoms with Crippen LogP contribution in [0.5, 0.6) is 5.75 Å². The molecule has 0 aliphatic carbocycles. The second kappa shape index (κ2) is 11.7. The number of ether oxygens (including phenoxy) is 1. The first-order valence-electron chi connectivity index (χ1n) is 12.5. The van der Waals surface area contributed by atoms with Crippen LogP contribution in [0.1, 0.15) is 52.7 Å². The first kappa shape index (κ1) is 25.9. The number of carbonyl (C=O) groups excluding carboxylic acids is 2. The van der Waals surface area contributed by atoms with Crippen molar-refractivity contribution in [2.75, 3.05) is 26.2 Å². The van der Waals surface area contributed by atoms with E-state index in [1.54, 1.807) is 23.5 Å². The van der Waals surface area contributed by atoms with Gasteiger partial charge in [-0.1, -0.05) is 50.1 Å². The molecule has 0 saturated carbocycles. The van der Waals surface area contributed by atoms with E-state index in [1.807, 2.05) is 49.9 Å². The van der Waals surface area contributed by atoms with E-state index < -0.39 is 11.7 Å². The third kappa shape index (κ3) is 5.95. The number of benzene rings is 2. The monoisotopic (exact) mass is 508 g/mol. The van der Waals surface area contributed by atoms with Crippen LogP contribution in [0.25, 0.3) is 0 Å². The average molecular weight is 509 g/mol. The number of carbonyl (C=O) groups is 2. The van der Waals surface area contributed by atoms with Crippen LogP contribution in [0.2, 0.25) is 0 Å². The molecule has 2 amide bonds. The van der Waals surface area contributed by atoms with E-state index in [0.29, 0.717) is 19.7 Å². The molecule has 7 heteroatoms. The van der Waals surface area contributed by atoms with Gasteiger partial charge in [0.25, 0.3) is 5.91 Å². The van der Waals surface area contributed by atoms with Crippen LogP contribution in [0.4, 0.5) is 4.39 Å². The summed E-state index contributed by atoms with van der Waals surface area (Å²) in [7, 11) is 0. The number of halogens is 1. The molecule has 1 aromatic heterocycles. The Kier molecular flexibility index (Phi) is 8.41. The number of hydrogen-bond donors (Lipinski definition) is 0. The molecule has 5 nitrogen and oxygen atoms in total. The van der Waals surface area contributed by atoms with Crippen molar-refractivity contribution in [1.82, 2.24) is 9.80 Å². The van der Waals surface area contributed by atoms with E-state index in [9.17, 15) is 14.0 Å². The normalized spacial score (nSPS) is 15.8. The van der Waals surface area contributed by atoms with E-state index >= 15 is 0 Å². The second-order valence-electron chi connectivity index (χ2n) is 9.46. The molecule has 0 saturated heterocycles. The molecule has 4 rings (SSSR count). The largest absolute Gasteiger partial charge is 0.491 e. The van der Waals surface area contributed by atoms with Crippen molar-refractivity contribution in [1.29, 1.82) is 0 Å². The Balaban J connectivity index is 1.55. The molecule has 0 N–H and O–H groups in total. The average Bonchev–Trinajstić information content (AvgIpc) is 3.36. The van der Waals surface area contributed by atoms with Gasteiger partial charge < -0.3 is 14.5 Å². The van der Waals surface area contributed by atoms with Crippen LogP contribution in [-0.4, -0.2) is 47.9 Å². The summed E-state index contributed by atoms with van der Waals surface area (Å²) >= 11 is 1.70. The summed E-state index contributed by atoms with van der Waals surface area (Å²) in [5, 5.41) is 2.05. The number of amides is 2. The summed E-state index contributed by atoms with van der Waals surface area (Å²) in [6.45, 7) is 7.26. The lowest BCUT2D eigenvalue weighted by molar-refractivity contribution is -0.135. The maximum absolute atomic E-state index is 14.4. The second-order valence-corrected chi connectivity index (χ2v) is 10.5. The predicted molar refractivity (Wildman–Crippen MR) is 141 cm³/mol. The molecule has 1 aliphatic rings. The fourth-order valence-corrected chi connectivity index (χ4v) is 5.40. The smallest absolute Gasteiger partial charge is 0.257 e. The molecule has 2 atom stereocenters. The zero-order valence-electron chi connectivity index (χ0n) is 21.1. The quantitative estimate of drug-likeness (QED) is 0.362. The Morgan fingerprint density at radius 3 is 2.64 bits per heavy atom. The zero-order valence-corrected chi connectivity index (χ0v) is 21.9. The number of hydrogen-bond acceptors (Lipinski definition) is 4. The number of nitrogens with zero attached hydrogens (tertiary/aromatic N) is 2. The third-order valence-electron chi connectivity index (χ3n) is 6.79. The van der Waals surface area contributed by atoms with Gasteiger partial charge >= 0.3 is 0 Å². The summed E-state index contributed by atoms with van der Waals surface area (Å²) in [6.07, 6.45) is 1.62. The zero-order chi connectivity index (χ0) is 25.7. The van der Waals surface area contributed by atoms with Crippen LogP contribution in [0.3, 0.4) is 0 Å². The number of rotatable bonds is 9. The van der Waals surface area contributed by atoms with Gasteiger partial charge in [0.2, 0.25) is 5.91 Å². The van der Waals surface area contributed by atoms with Gasteiger partial charge in [-0.3, -0.25) is 9.59 Å². The SMILES string of the molecule is CCC(C)CN(CC(=O)N1CCc2sccc2C1COc1ccc(C)cc1)C(=O)c1ccccc1F. The fourth-order valence-electron chi connectivity index (χ4n) is 4.47. The van der Waals surface area contributed by atoms with E-state index in [2.05, 4.69) is 11.4 Å². The summed E-state index contributed by atoms with van der Waals surface area (Å²) < 4.78 is 20.5. The Morgan fingerprint density at radius 2 is 1.92 bits per heavy atom. The summed E-state index contributed by atoms with van der Waals surface area (Å²) in [5.74, 6) is -0.253. The Bertz CT molecular complexity index is 1190. The summed E-state index contributed by atoms with van der Waals surface area (Å²) in [4.78, 5) is 31.6. The highest BCUT2D eigenvalue weighted by atomic mass is 32.1. The van der Waals surface area contributed by atoms with Gasteiger partial charge in [0.15, 0.2) is 0 Å². The van der Waals surface area contributed by atoms with Crippen molar-refractivity contribution in [3.8, 4) is 5.75 Å². The van der Waals surface area contributed by atoms with Crippen LogP contribution in [0.15, 0.2) is 60.0 Å². The highest BCUT2D eigenvalue weighted by Gasteiger charge is 2.34. The maximum atomic E-state index is 14.4. The van der Waals surface area contributed by atoms with Gasteiger partial charge in [-0.05, 0) is 60.5 Å². The predicted octanol–water partition coefficient (Wildman–Crippen LogP) is 5.89. The van der Waals surface area contributed by atoms with Crippen molar-refractivity contribution in [2.45, 2.75) is 39.7 Å². The lowest BCUT2D eigenvalue weighted by atomic mass is 10.00. The van der Waals surface area contributed by atoms with Crippen LogP contribution in [0, 0.1) is 18.7 Å². The molecule has 1 aliphatic heterocycles. The van der Waals surface area contributed by atoms with Crippen molar-refractivity contribution < 1.29 is 18.7 Å². The Morgan fingerprint density at radius 1 is 1.17 bits per heavy atom. The summed E-state index contributed by atoms with van der Waals surface area (Å²) in [5.41, 5.74) is 2.24. The van der Waals surface area contributed by atoms with E-state index in [4.69, 9.17) is 4.74 Å². The molecule has 0 fully saturated rings. The van der Waals surface area contributed by atoms with Crippen LogP contribution in [-0.2, 0) is 11.2 Å². The highest BCUT2D eigenvalue weighted by Crippen LogP contribution is 2.34. The van der Waals surface area contributed by atoms with Gasteiger partial charge in [-0.15, -0.1) is 11.3 Å². The molecule has 0 radical (unpaired) electrons. The first-order chi connectivity index (χ1) is 17.4. The van der Waals surface area contributed by atoms with E-state index in [0.717, 1.165) is 29.7 Å². The van der Waals surface area contributed by atoms with Crippen LogP contribution < -0.4 is 4.74 Å². The molecular formula is C29H33FN2O3S. The minimum Gasteiger partial charge on any atom is -0.491 e. The minimum atomic E-state index is -0.575. The van der Waals surface area contributed by atoms with Crippen molar-refractivity contribution in [3.63, 3.8) is 0 Å². The van der Waals surface area contributed by atoms with Gasteiger partial charge in [-0.25, -0.2) is 4.39 Å². The van der Waals surface area contributed by atoms with Crippen molar-refractivity contribution in [2.24, 2.45) is 5.92 Å². The van der Waals surface area contributed by atoms with Crippen LogP contribution >= 0.6 is 11.3 Å². The van der Waals surface area contributed by atoms with Crippen molar-refractivity contribution >= 4 is 23.2 Å². The molecule has 190 valence electrons. The lowest BCUT2D eigenvalue weighted by Crippen LogP contribution is -2.48. The Labute approximate surface area is 216 Å². The number of fused-ring (bicyclic) bond motifs is 1. The lowest BCUT2D eigenvalue weighted by Gasteiger charge is -2.37. The topological polar surface area (TPSA) is 49.9 Å². The molecule has 0 bridgehead atoms. The van der Waals surface area contributed by atoms with Gasteiger partial charge in [-0.2, -0.15) is 0 Å². The number of aryl methyl sites for hydroxylation is 1. The summed E-state index contributed by atoms with van der Waals surface area (Å²) in [6, 6.07) is 15.6. The molecule has 3 aromatic rings. The molecule has 0 spiro atoms. The van der Waals surface area contributed by atoms with E-state index in [-0.39, 0.29) is 30.0 Å². The number of thiophene rings is 1. The Hall–Kier alpha value is -3.19. The molecule has 2 unspecified atom stereocenters. The van der Waals surface area contributed by atoms with Gasteiger partial charge in [0, 0.05) is 18.0 Å². The highest BCUT2D eigenvalue weighted by molar-refractivity contribution is 7.10.